The summed E-state index contributed by atoms with van der Waals surface area (Å²) < 4.78 is 11.1. The molecule has 1 aromatic carbocycles. The second-order valence-electron chi connectivity index (χ2n) is 5.73. The van der Waals surface area contributed by atoms with Gasteiger partial charge in [0.05, 0.1) is 6.26 Å². The third kappa shape index (κ3) is 5.16. The molecule has 1 unspecified atom stereocenters. The van der Waals surface area contributed by atoms with Crippen molar-refractivity contribution < 1.29 is 13.9 Å². The molecule has 0 aliphatic heterocycles. The highest BCUT2D eigenvalue weighted by Crippen LogP contribution is 2.18. The Bertz CT molecular complexity index is 620. The molecule has 0 radical (unpaired) electrons. The summed E-state index contributed by atoms with van der Waals surface area (Å²) in [7, 11) is 0. The minimum absolute atomic E-state index is 0.0647. The van der Waals surface area contributed by atoms with Gasteiger partial charge in [-0.05, 0) is 62.1 Å². The summed E-state index contributed by atoms with van der Waals surface area (Å²) in [6.45, 7) is 6.67. The first kappa shape index (κ1) is 17.1. The largest absolute Gasteiger partial charge is 0.481 e. The van der Waals surface area contributed by atoms with E-state index >= 15 is 0 Å². The highest BCUT2D eigenvalue weighted by molar-refractivity contribution is 5.81. The van der Waals surface area contributed by atoms with Crippen LogP contribution in [0.5, 0.6) is 5.75 Å². The number of rotatable bonds is 8. The molecule has 124 valence electrons. The number of nitrogens with one attached hydrogen (secondary N) is 1. The number of furan rings is 1. The molecular weight excluding hydrogens is 290 g/mol. The van der Waals surface area contributed by atoms with Crippen molar-refractivity contribution in [2.45, 2.75) is 46.1 Å². The lowest BCUT2D eigenvalue weighted by molar-refractivity contribution is -0.128. The monoisotopic (exact) mass is 315 g/mol. The van der Waals surface area contributed by atoms with Crippen molar-refractivity contribution in [2.24, 2.45) is 0 Å². The van der Waals surface area contributed by atoms with Crippen molar-refractivity contribution in [3.05, 3.63) is 53.5 Å². The fourth-order valence-electron chi connectivity index (χ4n) is 2.32. The number of amides is 1. The summed E-state index contributed by atoms with van der Waals surface area (Å²) in [5.74, 6) is 1.62. The predicted octanol–water partition coefficient (Wildman–Crippen LogP) is 3.80. The van der Waals surface area contributed by atoms with Gasteiger partial charge in [0.25, 0.3) is 5.91 Å². The van der Waals surface area contributed by atoms with E-state index in [1.165, 1.54) is 5.56 Å². The summed E-state index contributed by atoms with van der Waals surface area (Å²) in [6.07, 6.45) is 3.51. The van der Waals surface area contributed by atoms with Crippen molar-refractivity contribution in [3.8, 4) is 5.75 Å². The van der Waals surface area contributed by atoms with Crippen molar-refractivity contribution in [1.82, 2.24) is 5.32 Å². The van der Waals surface area contributed by atoms with Gasteiger partial charge >= 0.3 is 0 Å². The van der Waals surface area contributed by atoms with Crippen LogP contribution >= 0.6 is 0 Å². The third-order valence-corrected chi connectivity index (χ3v) is 3.90. The van der Waals surface area contributed by atoms with Crippen LogP contribution in [0.1, 0.15) is 36.7 Å². The van der Waals surface area contributed by atoms with Crippen LogP contribution in [0.15, 0.2) is 41.0 Å². The van der Waals surface area contributed by atoms with Crippen LogP contribution in [-0.2, 0) is 11.2 Å². The van der Waals surface area contributed by atoms with Gasteiger partial charge in [-0.1, -0.05) is 13.0 Å². The Balaban J connectivity index is 1.79. The Morgan fingerprint density at radius 3 is 2.74 bits per heavy atom. The number of hydrogen-bond donors (Lipinski definition) is 1. The lowest BCUT2D eigenvalue weighted by Crippen LogP contribution is -2.38. The van der Waals surface area contributed by atoms with E-state index in [0.717, 1.165) is 29.9 Å². The van der Waals surface area contributed by atoms with Crippen LogP contribution in [0.25, 0.3) is 0 Å². The molecule has 0 spiro atoms. The van der Waals surface area contributed by atoms with E-state index in [4.69, 9.17) is 9.15 Å². The summed E-state index contributed by atoms with van der Waals surface area (Å²) in [6, 6.07) is 9.72. The maximum absolute atomic E-state index is 12.2. The highest BCUT2D eigenvalue weighted by Gasteiger charge is 2.18. The number of ether oxygens (including phenoxy) is 1. The maximum atomic E-state index is 12.2. The summed E-state index contributed by atoms with van der Waals surface area (Å²) in [4.78, 5) is 12.2. The quantitative estimate of drug-likeness (QED) is 0.754. The number of aryl methyl sites for hydroxylation is 3. The summed E-state index contributed by atoms with van der Waals surface area (Å²) in [5, 5.41) is 2.94. The lowest BCUT2D eigenvalue weighted by Gasteiger charge is -2.18. The van der Waals surface area contributed by atoms with Crippen LogP contribution in [0, 0.1) is 13.8 Å². The van der Waals surface area contributed by atoms with E-state index in [1.807, 2.05) is 44.2 Å². The van der Waals surface area contributed by atoms with E-state index in [0.29, 0.717) is 13.0 Å². The van der Waals surface area contributed by atoms with E-state index < -0.39 is 6.10 Å². The molecule has 4 nitrogen and oxygen atoms in total. The van der Waals surface area contributed by atoms with Crippen LogP contribution in [0.4, 0.5) is 0 Å². The Hall–Kier alpha value is -2.23. The first-order valence-electron chi connectivity index (χ1n) is 8.14. The van der Waals surface area contributed by atoms with Gasteiger partial charge < -0.3 is 14.5 Å². The van der Waals surface area contributed by atoms with Crippen LogP contribution in [0.3, 0.4) is 0 Å². The van der Waals surface area contributed by atoms with Crippen LogP contribution < -0.4 is 10.1 Å². The third-order valence-electron chi connectivity index (χ3n) is 3.90. The zero-order chi connectivity index (χ0) is 16.7. The maximum Gasteiger partial charge on any atom is 0.261 e. The van der Waals surface area contributed by atoms with Gasteiger partial charge in [-0.15, -0.1) is 0 Å². The summed E-state index contributed by atoms with van der Waals surface area (Å²) >= 11 is 0. The molecule has 0 bridgehead atoms. The standard InChI is InChI=1S/C19H25NO3/c1-4-18(23-17-10-9-14(2)15(3)13-17)19(21)20-11-5-7-16-8-6-12-22-16/h6,8-10,12-13,18H,4-5,7,11H2,1-3H3,(H,20,21). The van der Waals surface area contributed by atoms with Gasteiger partial charge in [0.15, 0.2) is 6.10 Å². The number of carbonyl (C=O) groups is 1. The van der Waals surface area contributed by atoms with Gasteiger partial charge in [0.1, 0.15) is 11.5 Å². The molecule has 0 aliphatic carbocycles. The number of benzene rings is 1. The van der Waals surface area contributed by atoms with Crippen LogP contribution in [0.2, 0.25) is 0 Å². The van der Waals surface area contributed by atoms with Crippen molar-refractivity contribution in [3.63, 3.8) is 0 Å². The normalized spacial score (nSPS) is 12.0. The fourth-order valence-corrected chi connectivity index (χ4v) is 2.32. The molecule has 1 N–H and O–H groups in total. The zero-order valence-electron chi connectivity index (χ0n) is 14.1. The Morgan fingerprint density at radius 1 is 1.26 bits per heavy atom. The van der Waals surface area contributed by atoms with Gasteiger partial charge in [0, 0.05) is 13.0 Å². The molecule has 1 amide bonds. The summed E-state index contributed by atoms with van der Waals surface area (Å²) in [5.41, 5.74) is 2.38. The van der Waals surface area contributed by atoms with Crippen molar-refractivity contribution >= 4 is 5.91 Å². The van der Waals surface area contributed by atoms with Crippen LogP contribution in [-0.4, -0.2) is 18.6 Å². The van der Waals surface area contributed by atoms with Crippen molar-refractivity contribution in [1.29, 1.82) is 0 Å². The average molecular weight is 315 g/mol. The molecule has 1 heterocycles. The SMILES string of the molecule is CCC(Oc1ccc(C)c(C)c1)C(=O)NCCCc1ccco1. The molecule has 23 heavy (non-hydrogen) atoms. The lowest BCUT2D eigenvalue weighted by atomic mass is 10.1. The molecule has 1 atom stereocenters. The molecule has 0 aliphatic rings. The van der Waals surface area contributed by atoms with E-state index in [1.54, 1.807) is 6.26 Å². The number of hydrogen-bond acceptors (Lipinski definition) is 3. The Labute approximate surface area is 137 Å². The minimum Gasteiger partial charge on any atom is -0.481 e. The van der Waals surface area contributed by atoms with E-state index in [9.17, 15) is 4.79 Å². The molecule has 1 aromatic heterocycles. The molecule has 2 aromatic rings. The van der Waals surface area contributed by atoms with Gasteiger partial charge in [0.2, 0.25) is 0 Å². The zero-order valence-corrected chi connectivity index (χ0v) is 14.1. The first-order chi connectivity index (χ1) is 11.1. The average Bonchev–Trinajstić information content (AvgIpc) is 3.05. The first-order valence-corrected chi connectivity index (χ1v) is 8.14. The Morgan fingerprint density at radius 2 is 2.09 bits per heavy atom. The van der Waals surface area contributed by atoms with Gasteiger partial charge in [-0.25, -0.2) is 0 Å². The minimum atomic E-state index is -0.458. The Kier molecular flexibility index (Phi) is 6.27. The van der Waals surface area contributed by atoms with Gasteiger partial charge in [-0.2, -0.15) is 0 Å². The fraction of sp³-hybridized carbons (Fsp3) is 0.421. The molecule has 0 saturated carbocycles. The second-order valence-corrected chi connectivity index (χ2v) is 5.73. The number of carbonyl (C=O) groups excluding carboxylic acids is 1. The van der Waals surface area contributed by atoms with Gasteiger partial charge in [-0.3, -0.25) is 4.79 Å². The van der Waals surface area contributed by atoms with E-state index in [-0.39, 0.29) is 5.91 Å². The van der Waals surface area contributed by atoms with E-state index in [2.05, 4.69) is 12.2 Å². The smallest absolute Gasteiger partial charge is 0.261 e. The molecule has 0 fully saturated rings. The topological polar surface area (TPSA) is 51.5 Å². The molecule has 0 saturated heterocycles. The second kappa shape index (κ2) is 8.42. The predicted molar refractivity (Wildman–Crippen MR) is 90.7 cm³/mol. The molecule has 4 heteroatoms. The highest BCUT2D eigenvalue weighted by atomic mass is 16.5. The molecule has 2 rings (SSSR count). The molecular formula is C19H25NO3. The van der Waals surface area contributed by atoms with Crippen molar-refractivity contribution in [2.75, 3.05) is 6.54 Å².